The van der Waals surface area contributed by atoms with Crippen molar-refractivity contribution in [1.29, 1.82) is 0 Å². The first-order valence-electron chi connectivity index (χ1n) is 7.44. The van der Waals surface area contributed by atoms with Crippen LogP contribution in [-0.2, 0) is 0 Å². The number of non-ortho nitro benzene ring substituents is 1. The summed E-state index contributed by atoms with van der Waals surface area (Å²) in [6.07, 6.45) is 1.59. The number of nitro groups is 1. The second kappa shape index (κ2) is 8.07. The van der Waals surface area contributed by atoms with E-state index in [-0.39, 0.29) is 5.69 Å². The van der Waals surface area contributed by atoms with Crippen molar-refractivity contribution < 1.29 is 9.34 Å². The highest BCUT2D eigenvalue weighted by molar-refractivity contribution is 9.10. The first-order chi connectivity index (χ1) is 12.4. The highest BCUT2D eigenvalue weighted by Crippen LogP contribution is 2.36. The summed E-state index contributed by atoms with van der Waals surface area (Å²) in [7, 11) is 0. The normalized spacial score (nSPS) is 11.2. The van der Waals surface area contributed by atoms with Gasteiger partial charge >= 0.3 is 0 Å². The van der Waals surface area contributed by atoms with Crippen LogP contribution in [0.1, 0.15) is 11.3 Å². The molecule has 26 heavy (non-hydrogen) atoms. The second-order valence-corrected chi connectivity index (χ2v) is 7.66. The second-order valence-electron chi connectivity index (χ2n) is 5.33. The van der Waals surface area contributed by atoms with Crippen LogP contribution in [0.5, 0.6) is 0 Å². The molecule has 0 radical (unpaired) electrons. The van der Waals surface area contributed by atoms with Crippen molar-refractivity contribution in [2.45, 2.75) is 16.9 Å². The quantitative estimate of drug-likeness (QED) is 0.243. The van der Waals surface area contributed by atoms with Gasteiger partial charge in [0.05, 0.1) is 21.3 Å². The van der Waals surface area contributed by atoms with Crippen LogP contribution < -0.4 is 0 Å². The van der Waals surface area contributed by atoms with Crippen LogP contribution in [0.15, 0.2) is 72.4 Å². The van der Waals surface area contributed by atoms with Crippen molar-refractivity contribution in [1.82, 2.24) is 0 Å². The van der Waals surface area contributed by atoms with Crippen LogP contribution in [0.3, 0.4) is 0 Å². The standard InChI is InChI=1S/C18H12BrClN2O3S/c1-11-8-13(22(23)24)4-7-17(11)21-10-14-9-16(19)18(25-14)26-15-5-2-12(20)3-6-15/h2-10H,1H3. The molecule has 0 atom stereocenters. The molecular weight excluding hydrogens is 440 g/mol. The maximum atomic E-state index is 10.8. The Morgan fingerprint density at radius 2 is 1.96 bits per heavy atom. The predicted molar refractivity (Wildman–Crippen MR) is 107 cm³/mol. The molecule has 2 aromatic carbocycles. The molecule has 5 nitrogen and oxygen atoms in total. The van der Waals surface area contributed by atoms with Crippen molar-refractivity contribution in [2.75, 3.05) is 0 Å². The average molecular weight is 452 g/mol. The summed E-state index contributed by atoms with van der Waals surface area (Å²) in [6, 6.07) is 13.8. The number of rotatable bonds is 5. The van der Waals surface area contributed by atoms with Gasteiger partial charge in [0, 0.05) is 28.1 Å². The Balaban J connectivity index is 1.77. The highest BCUT2D eigenvalue weighted by Gasteiger charge is 2.11. The number of halogens is 2. The molecule has 3 aromatic rings. The molecular formula is C18H12BrClN2O3S. The summed E-state index contributed by atoms with van der Waals surface area (Å²) in [5.74, 6) is 0.575. The van der Waals surface area contributed by atoms with Crippen LogP contribution in [0.25, 0.3) is 0 Å². The van der Waals surface area contributed by atoms with E-state index in [1.807, 2.05) is 30.3 Å². The van der Waals surface area contributed by atoms with Crippen LogP contribution >= 0.6 is 39.3 Å². The van der Waals surface area contributed by atoms with Gasteiger partial charge in [-0.1, -0.05) is 23.4 Å². The molecule has 0 aliphatic heterocycles. The molecule has 0 bridgehead atoms. The third-order valence-corrected chi connectivity index (χ3v) is 5.52. The summed E-state index contributed by atoms with van der Waals surface area (Å²) < 4.78 is 6.62. The number of hydrogen-bond acceptors (Lipinski definition) is 5. The molecule has 132 valence electrons. The smallest absolute Gasteiger partial charge is 0.269 e. The summed E-state index contributed by atoms with van der Waals surface area (Å²) >= 11 is 10.8. The third kappa shape index (κ3) is 4.55. The lowest BCUT2D eigenvalue weighted by Crippen LogP contribution is -1.88. The predicted octanol–water partition coefficient (Wildman–Crippen LogP) is 6.81. The average Bonchev–Trinajstić information content (AvgIpc) is 2.95. The minimum atomic E-state index is -0.426. The monoisotopic (exact) mass is 450 g/mol. The van der Waals surface area contributed by atoms with Gasteiger partial charge in [0.1, 0.15) is 5.76 Å². The van der Waals surface area contributed by atoms with E-state index in [1.54, 1.807) is 19.2 Å². The number of aryl methyl sites for hydroxylation is 1. The van der Waals surface area contributed by atoms with Gasteiger partial charge in [-0.15, -0.1) is 0 Å². The maximum Gasteiger partial charge on any atom is 0.269 e. The number of hydrogen-bond donors (Lipinski definition) is 0. The molecule has 0 saturated heterocycles. The van der Waals surface area contributed by atoms with Gasteiger partial charge in [-0.3, -0.25) is 15.1 Å². The molecule has 0 N–H and O–H groups in total. The topological polar surface area (TPSA) is 68.6 Å². The van der Waals surface area contributed by atoms with Gasteiger partial charge < -0.3 is 4.42 Å². The van der Waals surface area contributed by atoms with E-state index in [0.29, 0.717) is 21.6 Å². The van der Waals surface area contributed by atoms with Gasteiger partial charge in [-0.25, -0.2) is 0 Å². The van der Waals surface area contributed by atoms with Crippen LogP contribution in [0.2, 0.25) is 5.02 Å². The maximum absolute atomic E-state index is 10.8. The molecule has 0 fully saturated rings. The van der Waals surface area contributed by atoms with Crippen LogP contribution in [-0.4, -0.2) is 11.1 Å². The molecule has 0 amide bonds. The molecule has 0 aliphatic rings. The van der Waals surface area contributed by atoms with Crippen molar-refractivity contribution in [3.05, 3.63) is 79.5 Å². The van der Waals surface area contributed by atoms with Gasteiger partial charge in [0.2, 0.25) is 0 Å². The molecule has 0 unspecified atom stereocenters. The van der Waals surface area contributed by atoms with E-state index in [9.17, 15) is 10.1 Å². The Bertz CT molecular complexity index is 987. The lowest BCUT2D eigenvalue weighted by molar-refractivity contribution is -0.384. The number of nitro benzene ring substituents is 1. The fourth-order valence-corrected chi connectivity index (χ4v) is 3.60. The molecule has 1 aromatic heterocycles. The molecule has 8 heteroatoms. The summed E-state index contributed by atoms with van der Waals surface area (Å²) in [5, 5.41) is 12.2. The van der Waals surface area contributed by atoms with E-state index in [4.69, 9.17) is 16.0 Å². The Kier molecular flexibility index (Phi) is 5.80. The lowest BCUT2D eigenvalue weighted by atomic mass is 10.2. The molecule has 0 saturated carbocycles. The van der Waals surface area contributed by atoms with E-state index >= 15 is 0 Å². The number of benzene rings is 2. The zero-order chi connectivity index (χ0) is 18.7. The van der Waals surface area contributed by atoms with Crippen LogP contribution in [0.4, 0.5) is 11.4 Å². The fraction of sp³-hybridized carbons (Fsp3) is 0.0556. The van der Waals surface area contributed by atoms with Gasteiger partial charge in [0.15, 0.2) is 5.09 Å². The van der Waals surface area contributed by atoms with Crippen molar-refractivity contribution in [3.63, 3.8) is 0 Å². The first-order valence-corrected chi connectivity index (χ1v) is 9.43. The van der Waals surface area contributed by atoms with E-state index < -0.39 is 4.92 Å². The number of nitrogens with zero attached hydrogens (tertiary/aromatic N) is 2. The molecule has 1 heterocycles. The Morgan fingerprint density at radius 3 is 2.62 bits per heavy atom. The molecule has 0 aliphatic carbocycles. The zero-order valence-corrected chi connectivity index (χ0v) is 16.6. The highest BCUT2D eigenvalue weighted by atomic mass is 79.9. The minimum absolute atomic E-state index is 0.0452. The molecule has 3 rings (SSSR count). The van der Waals surface area contributed by atoms with E-state index in [2.05, 4.69) is 20.9 Å². The third-order valence-electron chi connectivity index (χ3n) is 3.42. The Labute approximate surface area is 167 Å². The number of aliphatic imine (C=N–C) groups is 1. The molecule has 0 spiro atoms. The van der Waals surface area contributed by atoms with Crippen molar-refractivity contribution in [2.24, 2.45) is 4.99 Å². The van der Waals surface area contributed by atoms with Gasteiger partial charge in [0.25, 0.3) is 5.69 Å². The van der Waals surface area contributed by atoms with Gasteiger partial charge in [-0.2, -0.15) is 0 Å². The largest absolute Gasteiger partial charge is 0.447 e. The van der Waals surface area contributed by atoms with E-state index in [1.165, 1.54) is 23.9 Å². The van der Waals surface area contributed by atoms with Crippen LogP contribution in [0, 0.1) is 17.0 Å². The fourth-order valence-electron chi connectivity index (χ4n) is 2.14. The number of furan rings is 1. The Morgan fingerprint density at radius 1 is 1.23 bits per heavy atom. The van der Waals surface area contributed by atoms with Crippen molar-refractivity contribution >= 4 is 56.9 Å². The van der Waals surface area contributed by atoms with E-state index in [0.717, 1.165) is 14.9 Å². The van der Waals surface area contributed by atoms with Gasteiger partial charge in [-0.05, 0) is 58.7 Å². The first kappa shape index (κ1) is 18.7. The lowest BCUT2D eigenvalue weighted by Gasteiger charge is -1.99. The minimum Gasteiger partial charge on any atom is -0.447 e. The SMILES string of the molecule is Cc1cc([N+](=O)[O-])ccc1N=Cc1cc(Br)c(Sc2ccc(Cl)cc2)o1. The summed E-state index contributed by atoms with van der Waals surface area (Å²) in [6.45, 7) is 1.78. The van der Waals surface area contributed by atoms with Crippen molar-refractivity contribution in [3.8, 4) is 0 Å². The summed E-state index contributed by atoms with van der Waals surface area (Å²) in [5.41, 5.74) is 1.41. The zero-order valence-electron chi connectivity index (χ0n) is 13.5. The Hall–Kier alpha value is -2.09. The summed E-state index contributed by atoms with van der Waals surface area (Å²) in [4.78, 5) is 15.7.